The maximum absolute atomic E-state index is 5.60. The Labute approximate surface area is 109 Å². The molecule has 4 heteroatoms. The number of nitrogens with one attached hydrogen (secondary N) is 1. The summed E-state index contributed by atoms with van der Waals surface area (Å²) in [5.74, 6) is 1.46. The molecule has 2 heterocycles. The van der Waals surface area contributed by atoms with Gasteiger partial charge in [0, 0.05) is 17.0 Å². The van der Waals surface area contributed by atoms with Crippen molar-refractivity contribution < 1.29 is 4.74 Å². The van der Waals surface area contributed by atoms with Crippen molar-refractivity contribution in [2.45, 2.75) is 32.3 Å². The van der Waals surface area contributed by atoms with E-state index in [9.17, 15) is 0 Å². The topological polar surface area (TPSA) is 37.9 Å². The number of ether oxygens (including phenoxy) is 1. The molecule has 2 unspecified atom stereocenters. The van der Waals surface area contributed by atoms with Crippen LogP contribution >= 0.6 is 15.9 Å². The maximum atomic E-state index is 5.60. The van der Waals surface area contributed by atoms with E-state index < -0.39 is 0 Å². The van der Waals surface area contributed by atoms with Crippen LogP contribution in [-0.4, -0.2) is 22.7 Å². The largest absolute Gasteiger partial charge is 0.378 e. The predicted molar refractivity (Wildman–Crippen MR) is 71.3 cm³/mol. The van der Waals surface area contributed by atoms with E-state index >= 15 is 0 Å². The highest BCUT2D eigenvalue weighted by Crippen LogP contribution is 2.31. The highest BCUT2D eigenvalue weighted by molar-refractivity contribution is 9.10. The van der Waals surface area contributed by atoms with Gasteiger partial charge in [0.1, 0.15) is 5.82 Å². The monoisotopic (exact) mass is 294 g/mol. The first kappa shape index (κ1) is 11.2. The Morgan fingerprint density at radius 3 is 3.00 bits per heavy atom. The first-order valence-electron chi connectivity index (χ1n) is 5.92. The maximum Gasteiger partial charge on any atom is 0.113 e. The lowest BCUT2D eigenvalue weighted by Crippen LogP contribution is -2.10. The summed E-state index contributed by atoms with van der Waals surface area (Å²) >= 11 is 3.52. The van der Waals surface area contributed by atoms with E-state index in [0.29, 0.717) is 5.92 Å². The zero-order valence-corrected chi connectivity index (χ0v) is 11.5. The van der Waals surface area contributed by atoms with Gasteiger partial charge in [-0.2, -0.15) is 0 Å². The average Bonchev–Trinajstić information content (AvgIpc) is 2.83. The molecule has 0 radical (unpaired) electrons. The highest BCUT2D eigenvalue weighted by Gasteiger charge is 2.28. The minimum absolute atomic E-state index is 0.263. The molecule has 1 aliphatic heterocycles. The first-order valence-corrected chi connectivity index (χ1v) is 6.72. The summed E-state index contributed by atoms with van der Waals surface area (Å²) in [7, 11) is 0. The summed E-state index contributed by atoms with van der Waals surface area (Å²) in [5, 5.41) is 0. The number of halogens is 1. The molecule has 1 aromatic carbocycles. The van der Waals surface area contributed by atoms with E-state index in [0.717, 1.165) is 34.4 Å². The van der Waals surface area contributed by atoms with Crippen LogP contribution < -0.4 is 0 Å². The Morgan fingerprint density at radius 2 is 2.29 bits per heavy atom. The molecule has 0 aliphatic carbocycles. The van der Waals surface area contributed by atoms with Gasteiger partial charge in [-0.3, -0.25) is 0 Å². The molecule has 3 nitrogen and oxygen atoms in total. The number of imidazole rings is 1. The standard InChI is InChI=1S/C13H15BrN2O/c1-7-5-9(14)6-11-12(7)16-13(15-11)10-3-4-17-8(10)2/h5-6,8,10H,3-4H2,1-2H3,(H,15,16). The van der Waals surface area contributed by atoms with Crippen molar-refractivity contribution in [1.82, 2.24) is 9.97 Å². The Bertz CT molecular complexity index is 564. The Balaban J connectivity index is 2.10. The molecule has 0 saturated carbocycles. The molecule has 1 N–H and O–H groups in total. The molecule has 1 aromatic heterocycles. The molecule has 0 amide bonds. The molecule has 1 aliphatic rings. The Hall–Kier alpha value is -0.870. The summed E-state index contributed by atoms with van der Waals surface area (Å²) in [4.78, 5) is 8.16. The second kappa shape index (κ2) is 4.10. The summed E-state index contributed by atoms with van der Waals surface area (Å²) in [6.07, 6.45) is 1.32. The van der Waals surface area contributed by atoms with E-state index in [1.54, 1.807) is 0 Å². The van der Waals surface area contributed by atoms with E-state index in [1.165, 1.54) is 5.56 Å². The van der Waals surface area contributed by atoms with E-state index in [1.807, 2.05) is 0 Å². The third-order valence-corrected chi connectivity index (χ3v) is 3.95. The number of aryl methyl sites for hydroxylation is 1. The third-order valence-electron chi connectivity index (χ3n) is 3.49. The van der Waals surface area contributed by atoms with Crippen LogP contribution in [0.3, 0.4) is 0 Å². The minimum atomic E-state index is 0.263. The quantitative estimate of drug-likeness (QED) is 0.874. The number of aromatic nitrogens is 2. The number of nitrogens with zero attached hydrogens (tertiary/aromatic N) is 1. The van der Waals surface area contributed by atoms with Crippen molar-refractivity contribution >= 4 is 27.0 Å². The fraction of sp³-hybridized carbons (Fsp3) is 0.462. The van der Waals surface area contributed by atoms with Gasteiger partial charge in [0.15, 0.2) is 0 Å². The van der Waals surface area contributed by atoms with Crippen molar-refractivity contribution in [3.05, 3.63) is 28.0 Å². The lowest BCUT2D eigenvalue weighted by molar-refractivity contribution is 0.117. The van der Waals surface area contributed by atoms with Crippen LogP contribution in [0.5, 0.6) is 0 Å². The SMILES string of the molecule is Cc1cc(Br)cc2[nH]c(C3CCOC3C)nc12. The van der Waals surface area contributed by atoms with Crippen LogP contribution in [0.15, 0.2) is 16.6 Å². The molecule has 0 spiro atoms. The lowest BCUT2D eigenvalue weighted by atomic mass is 10.0. The molecular weight excluding hydrogens is 280 g/mol. The predicted octanol–water partition coefficient (Wildman–Crippen LogP) is 3.53. The van der Waals surface area contributed by atoms with E-state index in [4.69, 9.17) is 9.72 Å². The van der Waals surface area contributed by atoms with Crippen molar-refractivity contribution in [1.29, 1.82) is 0 Å². The summed E-state index contributed by atoms with van der Waals surface area (Å²) in [6.45, 7) is 5.05. The fourth-order valence-electron chi connectivity index (χ4n) is 2.53. The second-order valence-electron chi connectivity index (χ2n) is 4.71. The molecule has 3 rings (SSSR count). The molecule has 90 valence electrons. The van der Waals surface area contributed by atoms with Crippen LogP contribution in [-0.2, 0) is 4.74 Å². The smallest absolute Gasteiger partial charge is 0.113 e. The van der Waals surface area contributed by atoms with Crippen LogP contribution in [0.1, 0.15) is 30.7 Å². The zero-order valence-electron chi connectivity index (χ0n) is 9.96. The molecule has 17 heavy (non-hydrogen) atoms. The number of aromatic amines is 1. The molecule has 0 bridgehead atoms. The van der Waals surface area contributed by atoms with Crippen LogP contribution in [0, 0.1) is 6.92 Å². The molecule has 2 aromatic rings. The molecule has 2 atom stereocenters. The number of H-pyrrole nitrogens is 1. The normalized spacial score (nSPS) is 24.6. The van der Waals surface area contributed by atoms with Gasteiger partial charge in [0.2, 0.25) is 0 Å². The van der Waals surface area contributed by atoms with Gasteiger partial charge in [0.25, 0.3) is 0 Å². The Kier molecular flexibility index (Phi) is 2.71. The molecule has 1 saturated heterocycles. The van der Waals surface area contributed by atoms with Gasteiger partial charge in [-0.25, -0.2) is 4.98 Å². The van der Waals surface area contributed by atoms with Crippen molar-refractivity contribution in [3.8, 4) is 0 Å². The third kappa shape index (κ3) is 1.89. The van der Waals surface area contributed by atoms with E-state index in [-0.39, 0.29) is 6.10 Å². The molecular formula is C13H15BrN2O. The first-order chi connectivity index (χ1) is 8.15. The van der Waals surface area contributed by atoms with Crippen LogP contribution in [0.2, 0.25) is 0 Å². The van der Waals surface area contributed by atoms with Crippen molar-refractivity contribution in [3.63, 3.8) is 0 Å². The van der Waals surface area contributed by atoms with Gasteiger partial charge >= 0.3 is 0 Å². The minimum Gasteiger partial charge on any atom is -0.378 e. The average molecular weight is 295 g/mol. The number of hydrogen-bond donors (Lipinski definition) is 1. The number of rotatable bonds is 1. The van der Waals surface area contributed by atoms with Gasteiger partial charge in [0.05, 0.1) is 17.1 Å². The summed E-state index contributed by atoms with van der Waals surface area (Å²) in [5.41, 5.74) is 3.37. The molecule has 1 fully saturated rings. The Morgan fingerprint density at radius 1 is 1.47 bits per heavy atom. The number of fused-ring (bicyclic) bond motifs is 1. The number of benzene rings is 1. The summed E-state index contributed by atoms with van der Waals surface area (Å²) in [6, 6.07) is 4.18. The van der Waals surface area contributed by atoms with Crippen LogP contribution in [0.25, 0.3) is 11.0 Å². The lowest BCUT2D eigenvalue weighted by Gasteiger charge is -2.10. The highest BCUT2D eigenvalue weighted by atomic mass is 79.9. The summed E-state index contributed by atoms with van der Waals surface area (Å²) < 4.78 is 6.69. The van der Waals surface area contributed by atoms with Crippen LogP contribution in [0.4, 0.5) is 0 Å². The van der Waals surface area contributed by atoms with Gasteiger partial charge in [-0.1, -0.05) is 15.9 Å². The van der Waals surface area contributed by atoms with Gasteiger partial charge < -0.3 is 9.72 Å². The van der Waals surface area contributed by atoms with Gasteiger partial charge in [-0.15, -0.1) is 0 Å². The van der Waals surface area contributed by atoms with Gasteiger partial charge in [-0.05, 0) is 38.0 Å². The number of hydrogen-bond acceptors (Lipinski definition) is 2. The van der Waals surface area contributed by atoms with Crippen molar-refractivity contribution in [2.75, 3.05) is 6.61 Å². The second-order valence-corrected chi connectivity index (χ2v) is 5.63. The fourth-order valence-corrected chi connectivity index (χ4v) is 3.10. The van der Waals surface area contributed by atoms with Crippen molar-refractivity contribution in [2.24, 2.45) is 0 Å². The zero-order chi connectivity index (χ0) is 12.0. The van der Waals surface area contributed by atoms with E-state index in [2.05, 4.69) is 46.9 Å².